The van der Waals surface area contributed by atoms with Crippen molar-refractivity contribution in [2.45, 2.75) is 64.8 Å². The van der Waals surface area contributed by atoms with Gasteiger partial charge in [-0.2, -0.15) is 11.1 Å². The third-order valence-electron chi connectivity index (χ3n) is 8.23. The highest BCUT2D eigenvalue weighted by atomic mass is 32.2. The zero-order chi connectivity index (χ0) is 30.7. The van der Waals surface area contributed by atoms with Gasteiger partial charge in [-0.1, -0.05) is 30.2 Å². The van der Waals surface area contributed by atoms with Crippen molar-refractivity contribution >= 4 is 31.3 Å². The van der Waals surface area contributed by atoms with Crippen LogP contribution in [0.3, 0.4) is 0 Å². The maximum absolute atomic E-state index is 11.8. The first-order valence-electron chi connectivity index (χ1n) is 14.9. The molecule has 1 atom stereocenters. The molecule has 3 heterocycles. The molecule has 4 N–H and O–H groups in total. The van der Waals surface area contributed by atoms with Crippen LogP contribution in [-0.4, -0.2) is 32.2 Å². The second-order valence-corrected chi connectivity index (χ2v) is 15.0. The summed E-state index contributed by atoms with van der Waals surface area (Å²) in [5.74, 6) is 8.49. The van der Waals surface area contributed by atoms with Gasteiger partial charge in [-0.15, -0.1) is 17.3 Å². The van der Waals surface area contributed by atoms with Gasteiger partial charge in [-0.25, -0.2) is 19.3 Å². The monoisotopic (exact) mass is 630 g/mol. The van der Waals surface area contributed by atoms with E-state index >= 15 is 0 Å². The molecular formula is C34H38N4O4S2. The summed E-state index contributed by atoms with van der Waals surface area (Å²) in [7, 11) is -2.91. The van der Waals surface area contributed by atoms with Crippen LogP contribution in [0.1, 0.15) is 53.7 Å². The summed E-state index contributed by atoms with van der Waals surface area (Å²) in [6, 6.07) is 21.0. The van der Waals surface area contributed by atoms with Crippen molar-refractivity contribution in [1.82, 2.24) is 21.9 Å². The van der Waals surface area contributed by atoms with Gasteiger partial charge < -0.3 is 9.47 Å². The van der Waals surface area contributed by atoms with Gasteiger partial charge in [0.05, 0.1) is 17.7 Å². The lowest BCUT2D eigenvalue weighted by molar-refractivity contribution is 0.189. The number of thiophene rings is 1. The molecule has 8 nitrogen and oxygen atoms in total. The van der Waals surface area contributed by atoms with Gasteiger partial charge in [0.15, 0.2) is 9.84 Å². The van der Waals surface area contributed by atoms with E-state index in [-0.39, 0.29) is 29.7 Å². The Morgan fingerprint density at radius 2 is 1.68 bits per heavy atom. The Balaban J connectivity index is 1.15. The highest BCUT2D eigenvalue weighted by Crippen LogP contribution is 2.41. The van der Waals surface area contributed by atoms with Crippen LogP contribution in [0, 0.1) is 25.7 Å². The molecule has 44 heavy (non-hydrogen) atoms. The summed E-state index contributed by atoms with van der Waals surface area (Å²) in [5, 5.41) is 1.22. The van der Waals surface area contributed by atoms with Crippen LogP contribution >= 0.6 is 11.3 Å². The quantitative estimate of drug-likeness (QED) is 0.176. The molecule has 0 unspecified atom stereocenters. The largest absolute Gasteiger partial charge is 0.490 e. The van der Waals surface area contributed by atoms with Gasteiger partial charge in [-0.3, -0.25) is 0 Å². The lowest BCUT2D eigenvalue weighted by Gasteiger charge is -2.23. The number of hydrogen-bond acceptors (Lipinski definition) is 9. The van der Waals surface area contributed by atoms with Gasteiger partial charge in [0.2, 0.25) is 0 Å². The van der Waals surface area contributed by atoms with Crippen LogP contribution in [0.2, 0.25) is 0 Å². The van der Waals surface area contributed by atoms with E-state index in [4.69, 9.17) is 9.47 Å². The Morgan fingerprint density at radius 1 is 0.955 bits per heavy atom. The first-order chi connectivity index (χ1) is 21.3. The molecule has 1 aromatic heterocycles. The van der Waals surface area contributed by atoms with E-state index in [2.05, 4.69) is 90.1 Å². The molecule has 2 saturated heterocycles. The second kappa shape index (κ2) is 13.3. The standard InChI is InChI=1S/C34H38N4O4S2/c1-4-5-26(20-33-35-37-38-36-33)25-7-9-27(10-8-25)41-21-24-6-13-32-31(19-24)34(23(3)43-32)30-12-11-29(18-22(30)2)42-28-14-16-44(39,40)17-15-28/h6-13,18-19,26,28,33,35-38H,14-17,20-21H2,1-3H3/t26-/m0/s1. The third kappa shape index (κ3) is 7.10. The number of nitrogens with one attached hydrogen (secondary N) is 4. The number of ether oxygens (including phenoxy) is 2. The Hall–Kier alpha value is -3.43. The van der Waals surface area contributed by atoms with E-state index in [1.165, 1.54) is 26.1 Å². The summed E-state index contributed by atoms with van der Waals surface area (Å²) >= 11 is 1.80. The number of fused-ring (bicyclic) bond motifs is 1. The van der Waals surface area contributed by atoms with Crippen molar-refractivity contribution in [3.8, 4) is 34.5 Å². The lowest BCUT2D eigenvalue weighted by atomic mass is 9.95. The van der Waals surface area contributed by atoms with Gasteiger partial charge >= 0.3 is 0 Å². The Labute approximate surface area is 263 Å². The van der Waals surface area contributed by atoms with E-state index in [1.807, 2.05) is 25.1 Å². The maximum atomic E-state index is 11.8. The molecule has 0 radical (unpaired) electrons. The van der Waals surface area contributed by atoms with Crippen LogP contribution in [0.5, 0.6) is 11.5 Å². The summed E-state index contributed by atoms with van der Waals surface area (Å²) in [4.78, 5) is 1.27. The summed E-state index contributed by atoms with van der Waals surface area (Å²) in [5.41, 5.74) is 17.8. The van der Waals surface area contributed by atoms with Crippen molar-refractivity contribution in [2.75, 3.05) is 11.5 Å². The van der Waals surface area contributed by atoms with Crippen LogP contribution < -0.4 is 31.4 Å². The third-order valence-corrected chi connectivity index (χ3v) is 11.0. The summed E-state index contributed by atoms with van der Waals surface area (Å²) < 4.78 is 37.2. The molecule has 6 rings (SSSR count). The number of hydrazine groups is 3. The van der Waals surface area contributed by atoms with Crippen LogP contribution in [0.15, 0.2) is 60.7 Å². The van der Waals surface area contributed by atoms with Crippen molar-refractivity contribution in [3.63, 3.8) is 0 Å². The fraction of sp³-hybridized carbons (Fsp3) is 0.353. The fourth-order valence-corrected chi connectivity index (χ4v) is 8.42. The van der Waals surface area contributed by atoms with Gasteiger partial charge in [-0.05, 0) is 98.7 Å². The topological polar surface area (TPSA) is 101 Å². The SMILES string of the molecule is CC#C[C@@H](CC1NNNN1)c1ccc(OCc2ccc3sc(C)c(-c4ccc(OC5CCS(=O)(=O)CC5)cc4C)c3c2)cc1. The summed E-state index contributed by atoms with van der Waals surface area (Å²) in [6.07, 6.45) is 1.93. The number of hydrogen-bond donors (Lipinski definition) is 4. The minimum Gasteiger partial charge on any atom is -0.490 e. The Kier molecular flexibility index (Phi) is 9.23. The first-order valence-corrected chi connectivity index (χ1v) is 17.6. The average Bonchev–Trinajstić information content (AvgIpc) is 3.64. The predicted molar refractivity (Wildman–Crippen MR) is 177 cm³/mol. The van der Waals surface area contributed by atoms with Gasteiger partial charge in [0.25, 0.3) is 0 Å². The molecule has 2 aliphatic heterocycles. The minimum atomic E-state index is -2.91. The van der Waals surface area contributed by atoms with Gasteiger partial charge in [0.1, 0.15) is 24.2 Å². The fourth-order valence-electron chi connectivity index (χ4n) is 5.91. The normalized spacial score (nSPS) is 17.7. The Morgan fingerprint density at radius 3 is 2.39 bits per heavy atom. The maximum Gasteiger partial charge on any atom is 0.150 e. The summed E-state index contributed by atoms with van der Waals surface area (Å²) in [6.45, 7) is 6.62. The molecular weight excluding hydrogens is 593 g/mol. The van der Waals surface area contributed by atoms with Gasteiger partial charge in [0, 0.05) is 26.4 Å². The predicted octanol–water partition coefficient (Wildman–Crippen LogP) is 5.66. The molecule has 2 fully saturated rings. The van der Waals surface area contributed by atoms with E-state index < -0.39 is 9.84 Å². The molecule has 0 amide bonds. The van der Waals surface area contributed by atoms with E-state index in [1.54, 1.807) is 11.3 Å². The number of sulfone groups is 1. The highest BCUT2D eigenvalue weighted by Gasteiger charge is 2.25. The second-order valence-electron chi connectivity index (χ2n) is 11.4. The first kappa shape index (κ1) is 30.6. The molecule has 0 spiro atoms. The zero-order valence-electron chi connectivity index (χ0n) is 25.2. The lowest BCUT2D eigenvalue weighted by Crippen LogP contribution is -2.35. The van der Waals surface area contributed by atoms with Crippen molar-refractivity contribution in [1.29, 1.82) is 0 Å². The zero-order valence-corrected chi connectivity index (χ0v) is 26.8. The molecule has 0 saturated carbocycles. The molecule has 0 aliphatic carbocycles. The van der Waals surface area contributed by atoms with Crippen molar-refractivity contribution in [2.24, 2.45) is 0 Å². The molecule has 4 aromatic rings. The number of rotatable bonds is 9. The van der Waals surface area contributed by atoms with Crippen LogP contribution in [0.4, 0.5) is 0 Å². The molecule has 3 aromatic carbocycles. The van der Waals surface area contributed by atoms with Crippen LogP contribution in [0.25, 0.3) is 21.2 Å². The van der Waals surface area contributed by atoms with E-state index in [9.17, 15) is 8.42 Å². The van der Waals surface area contributed by atoms with Crippen molar-refractivity contribution in [3.05, 3.63) is 82.2 Å². The molecule has 0 bridgehead atoms. The Bertz CT molecular complexity index is 1790. The number of aryl methyl sites for hydroxylation is 2. The number of benzene rings is 3. The van der Waals surface area contributed by atoms with Crippen LogP contribution in [-0.2, 0) is 16.4 Å². The van der Waals surface area contributed by atoms with E-state index in [0.29, 0.717) is 19.4 Å². The van der Waals surface area contributed by atoms with Crippen molar-refractivity contribution < 1.29 is 17.9 Å². The minimum absolute atomic E-state index is 0.0562. The average molecular weight is 631 g/mol. The molecule has 2 aliphatic rings. The van der Waals surface area contributed by atoms with E-state index in [0.717, 1.165) is 34.6 Å². The highest BCUT2D eigenvalue weighted by molar-refractivity contribution is 7.91. The molecule has 10 heteroatoms. The smallest absolute Gasteiger partial charge is 0.150 e. The molecule has 230 valence electrons.